The van der Waals surface area contributed by atoms with Gasteiger partial charge in [-0.25, -0.2) is 8.42 Å². The maximum atomic E-state index is 12.1. The fraction of sp³-hybridized carbons (Fsp3) is 0.130. The Hall–Kier alpha value is -3.97. The molecule has 0 aliphatic rings. The molecule has 4 N–H and O–H groups in total. The summed E-state index contributed by atoms with van der Waals surface area (Å²) in [5.74, 6) is 0.141. The normalized spacial score (nSPS) is 11.6. The summed E-state index contributed by atoms with van der Waals surface area (Å²) in [7, 11) is -3.58. The maximum absolute atomic E-state index is 12.1. The van der Waals surface area contributed by atoms with Crippen molar-refractivity contribution in [3.05, 3.63) is 48.3 Å². The number of aliphatic hydroxyl groups is 1. The zero-order valence-electron chi connectivity index (χ0n) is 19.7. The molecule has 0 spiro atoms. The number of phenols is 1. The number of nitrogens with zero attached hydrogens (tertiary/aromatic N) is 6. The molecule has 0 aliphatic heterocycles. The van der Waals surface area contributed by atoms with Crippen LogP contribution in [0.25, 0.3) is 10.8 Å². The van der Waals surface area contributed by atoms with Crippen LogP contribution >= 0.6 is 25.3 Å². The van der Waals surface area contributed by atoms with E-state index in [1.807, 2.05) is 0 Å². The van der Waals surface area contributed by atoms with E-state index in [1.54, 1.807) is 31.3 Å². The number of rotatable bonds is 8. The third kappa shape index (κ3) is 5.78. The molecule has 0 radical (unpaired) electrons. The smallest absolute Gasteiger partial charge is 0.241 e. The SMILES string of the molecule is Cc1nc(NC#N)nc(Nc2ccc3c(O)c(/N=N/c4ccc(S(=O)(=O)CCO)cc4)c(S)cc3c2S)n1. The van der Waals surface area contributed by atoms with Gasteiger partial charge >= 0.3 is 0 Å². The van der Waals surface area contributed by atoms with Crippen molar-refractivity contribution in [3.8, 4) is 11.9 Å². The first-order valence-electron chi connectivity index (χ1n) is 10.8. The monoisotopic (exact) mass is 568 g/mol. The lowest BCUT2D eigenvalue weighted by molar-refractivity contribution is 0.319. The molecule has 0 aliphatic carbocycles. The Morgan fingerprint density at radius 3 is 2.42 bits per heavy atom. The van der Waals surface area contributed by atoms with Crippen molar-refractivity contribution in [2.24, 2.45) is 10.2 Å². The van der Waals surface area contributed by atoms with Gasteiger partial charge in [-0.1, -0.05) is 0 Å². The number of phenolic OH excluding ortho intramolecular Hbond substituents is 1. The molecule has 0 atom stereocenters. The number of nitrogens with one attached hydrogen (secondary N) is 2. The highest BCUT2D eigenvalue weighted by atomic mass is 32.2. The topological polar surface area (TPSA) is 186 Å². The molecule has 0 amide bonds. The third-order valence-electron chi connectivity index (χ3n) is 5.20. The Morgan fingerprint density at radius 1 is 1.03 bits per heavy atom. The van der Waals surface area contributed by atoms with Gasteiger partial charge in [0.05, 0.1) is 28.6 Å². The number of azo groups is 1. The number of aromatic nitrogens is 3. The summed E-state index contributed by atoms with van der Waals surface area (Å²) >= 11 is 9.06. The number of aromatic hydroxyl groups is 1. The van der Waals surface area contributed by atoms with E-state index in [9.17, 15) is 13.5 Å². The van der Waals surface area contributed by atoms with E-state index in [4.69, 9.17) is 10.4 Å². The molecule has 15 heteroatoms. The van der Waals surface area contributed by atoms with E-state index >= 15 is 0 Å². The van der Waals surface area contributed by atoms with Crippen molar-refractivity contribution in [1.82, 2.24) is 15.0 Å². The zero-order valence-corrected chi connectivity index (χ0v) is 22.3. The number of nitriles is 1. The third-order valence-corrected chi connectivity index (χ3v) is 7.74. The summed E-state index contributed by atoms with van der Waals surface area (Å²) in [6, 6.07) is 10.7. The van der Waals surface area contributed by atoms with Gasteiger partial charge in [0.15, 0.2) is 21.8 Å². The van der Waals surface area contributed by atoms with Crippen LogP contribution in [0.3, 0.4) is 0 Å². The van der Waals surface area contributed by atoms with Gasteiger partial charge < -0.3 is 15.5 Å². The lowest BCUT2D eigenvalue weighted by Crippen LogP contribution is -2.09. The van der Waals surface area contributed by atoms with Crippen molar-refractivity contribution in [3.63, 3.8) is 0 Å². The Morgan fingerprint density at radius 2 is 1.74 bits per heavy atom. The summed E-state index contributed by atoms with van der Waals surface area (Å²) in [5.41, 5.74) is 1.01. The molecule has 1 aromatic heterocycles. The lowest BCUT2D eigenvalue weighted by Gasteiger charge is -2.13. The van der Waals surface area contributed by atoms with E-state index in [0.717, 1.165) is 0 Å². The Balaban J connectivity index is 1.64. The first kappa shape index (κ1) is 27.1. The molecule has 3 aromatic carbocycles. The van der Waals surface area contributed by atoms with Gasteiger partial charge in [-0.05, 0) is 49.4 Å². The number of thiol groups is 2. The summed E-state index contributed by atoms with van der Waals surface area (Å²) in [6.45, 7) is 1.19. The number of hydrogen-bond donors (Lipinski definition) is 6. The van der Waals surface area contributed by atoms with Crippen LogP contribution in [0, 0.1) is 18.4 Å². The number of hydrogen-bond acceptors (Lipinski definition) is 14. The Labute approximate surface area is 228 Å². The largest absolute Gasteiger partial charge is 0.505 e. The second-order valence-electron chi connectivity index (χ2n) is 7.78. The number of anilines is 3. The minimum atomic E-state index is -3.58. The van der Waals surface area contributed by atoms with Crippen LogP contribution in [-0.4, -0.2) is 45.9 Å². The number of aliphatic hydroxyl groups excluding tert-OH is 1. The highest BCUT2D eigenvalue weighted by molar-refractivity contribution is 7.91. The van der Waals surface area contributed by atoms with E-state index in [1.165, 1.54) is 24.3 Å². The molecule has 0 unspecified atom stereocenters. The van der Waals surface area contributed by atoms with Gasteiger partial charge in [-0.15, -0.1) is 30.4 Å². The van der Waals surface area contributed by atoms with Gasteiger partial charge in [-0.3, -0.25) is 5.32 Å². The second-order valence-corrected chi connectivity index (χ2v) is 10.8. The zero-order chi connectivity index (χ0) is 27.4. The molecule has 0 fully saturated rings. The average molecular weight is 569 g/mol. The van der Waals surface area contributed by atoms with E-state index in [2.05, 4.69) is 61.1 Å². The fourth-order valence-electron chi connectivity index (χ4n) is 3.44. The van der Waals surface area contributed by atoms with Crippen molar-refractivity contribution in [2.45, 2.75) is 21.6 Å². The highest BCUT2D eigenvalue weighted by Crippen LogP contribution is 2.44. The second kappa shape index (κ2) is 11.2. The number of fused-ring (bicyclic) bond motifs is 1. The molecule has 4 aromatic rings. The molecular weight excluding hydrogens is 549 g/mol. The number of sulfone groups is 1. The predicted octanol–water partition coefficient (Wildman–Crippen LogP) is 4.43. The first-order chi connectivity index (χ1) is 18.1. The lowest BCUT2D eigenvalue weighted by atomic mass is 10.1. The van der Waals surface area contributed by atoms with Gasteiger partial charge in [0, 0.05) is 20.6 Å². The molecule has 4 rings (SSSR count). The van der Waals surface area contributed by atoms with E-state index in [-0.39, 0.29) is 34.0 Å². The van der Waals surface area contributed by atoms with Gasteiger partial charge in [0.2, 0.25) is 11.9 Å². The van der Waals surface area contributed by atoms with Crippen LogP contribution in [0.4, 0.5) is 29.0 Å². The minimum absolute atomic E-state index is 0.0598. The fourth-order valence-corrected chi connectivity index (χ4v) is 5.07. The van der Waals surface area contributed by atoms with Crippen LogP contribution in [0.15, 0.2) is 67.4 Å². The molecule has 38 heavy (non-hydrogen) atoms. The molecule has 12 nitrogen and oxygen atoms in total. The quantitative estimate of drug-likeness (QED) is 0.0768. The summed E-state index contributed by atoms with van der Waals surface area (Å²) in [5, 5.41) is 43.3. The molecule has 1 heterocycles. The van der Waals surface area contributed by atoms with Crippen molar-refractivity contribution in [2.75, 3.05) is 23.0 Å². The van der Waals surface area contributed by atoms with Crippen LogP contribution in [-0.2, 0) is 9.84 Å². The van der Waals surface area contributed by atoms with E-state index < -0.39 is 16.4 Å². The maximum Gasteiger partial charge on any atom is 0.241 e. The summed E-state index contributed by atoms with van der Waals surface area (Å²) in [4.78, 5) is 13.2. The number of aryl methyl sites for hydroxylation is 1. The standard InChI is InChI=1S/C23H20N8O4S3/c1-12-26-22(25-11-24)29-23(27-12)28-17-7-6-15-16(21(17)37)10-18(36)19(20(15)33)31-30-13-2-4-14(5-3-13)38(34,35)9-8-32/h2-7,10,32-33,36-37H,8-9H2,1H3,(H2,25,26,27,28,29)/b31-30+. The summed E-state index contributed by atoms with van der Waals surface area (Å²) in [6.07, 6.45) is 1.76. The minimum Gasteiger partial charge on any atom is -0.505 e. The predicted molar refractivity (Wildman–Crippen MR) is 147 cm³/mol. The van der Waals surface area contributed by atoms with Crippen LogP contribution < -0.4 is 10.6 Å². The first-order valence-corrected chi connectivity index (χ1v) is 13.4. The van der Waals surface area contributed by atoms with Gasteiger partial charge in [0.25, 0.3) is 0 Å². The molecule has 194 valence electrons. The Bertz CT molecular complexity index is 1710. The average Bonchev–Trinajstić information content (AvgIpc) is 2.86. The summed E-state index contributed by atoms with van der Waals surface area (Å²) < 4.78 is 24.1. The van der Waals surface area contributed by atoms with Crippen molar-refractivity contribution >= 4 is 74.8 Å². The molecular formula is C23H20N8O4S3. The van der Waals surface area contributed by atoms with Gasteiger partial charge in [0.1, 0.15) is 11.5 Å². The molecule has 0 bridgehead atoms. The van der Waals surface area contributed by atoms with Crippen LogP contribution in [0.1, 0.15) is 5.82 Å². The van der Waals surface area contributed by atoms with Gasteiger partial charge in [-0.2, -0.15) is 25.3 Å². The molecule has 0 saturated heterocycles. The highest BCUT2D eigenvalue weighted by Gasteiger charge is 2.16. The molecule has 0 saturated carbocycles. The number of benzene rings is 3. The van der Waals surface area contributed by atoms with Crippen molar-refractivity contribution in [1.29, 1.82) is 5.26 Å². The Kier molecular flexibility index (Phi) is 7.97. The van der Waals surface area contributed by atoms with Crippen LogP contribution in [0.2, 0.25) is 0 Å². The van der Waals surface area contributed by atoms with Crippen LogP contribution in [0.5, 0.6) is 5.75 Å². The van der Waals surface area contributed by atoms with Crippen molar-refractivity contribution < 1.29 is 18.6 Å². The van der Waals surface area contributed by atoms with E-state index in [0.29, 0.717) is 37.8 Å².